The van der Waals surface area contributed by atoms with Crippen molar-refractivity contribution in [3.8, 4) is 0 Å². The van der Waals surface area contributed by atoms with E-state index in [9.17, 15) is 4.79 Å². The van der Waals surface area contributed by atoms with Gasteiger partial charge >= 0.3 is 0 Å². The fourth-order valence-corrected chi connectivity index (χ4v) is 2.44. The zero-order valence-electron chi connectivity index (χ0n) is 12.4. The second-order valence-corrected chi connectivity index (χ2v) is 5.45. The van der Waals surface area contributed by atoms with Gasteiger partial charge in [-0.1, -0.05) is 13.8 Å². The van der Waals surface area contributed by atoms with Crippen LogP contribution in [0.5, 0.6) is 0 Å². The SMILES string of the molecule is CCC(CC)C(=O)NCC(C)N1CCN(C)CC1. The van der Waals surface area contributed by atoms with E-state index in [1.165, 1.54) is 0 Å². The van der Waals surface area contributed by atoms with Gasteiger partial charge in [-0.25, -0.2) is 0 Å². The molecule has 0 aromatic rings. The van der Waals surface area contributed by atoms with Crippen LogP contribution in [0.1, 0.15) is 33.6 Å². The maximum absolute atomic E-state index is 11.9. The number of nitrogens with zero attached hydrogens (tertiary/aromatic N) is 2. The summed E-state index contributed by atoms with van der Waals surface area (Å²) in [6.07, 6.45) is 1.87. The molecule has 1 fully saturated rings. The van der Waals surface area contributed by atoms with Crippen molar-refractivity contribution in [1.82, 2.24) is 15.1 Å². The van der Waals surface area contributed by atoms with Crippen molar-refractivity contribution in [2.75, 3.05) is 39.8 Å². The van der Waals surface area contributed by atoms with Gasteiger partial charge < -0.3 is 10.2 Å². The van der Waals surface area contributed by atoms with Gasteiger partial charge in [0.2, 0.25) is 5.91 Å². The summed E-state index contributed by atoms with van der Waals surface area (Å²) < 4.78 is 0. The number of nitrogens with one attached hydrogen (secondary N) is 1. The molecule has 0 bridgehead atoms. The summed E-state index contributed by atoms with van der Waals surface area (Å²) in [6.45, 7) is 11.6. The molecule has 0 saturated carbocycles. The summed E-state index contributed by atoms with van der Waals surface area (Å²) in [5.74, 6) is 0.408. The van der Waals surface area contributed by atoms with E-state index in [0.717, 1.165) is 45.6 Å². The first-order valence-corrected chi connectivity index (χ1v) is 7.28. The third kappa shape index (κ3) is 4.58. The van der Waals surface area contributed by atoms with Gasteiger partial charge in [-0.2, -0.15) is 0 Å². The van der Waals surface area contributed by atoms with Gasteiger partial charge in [-0.3, -0.25) is 9.69 Å². The molecule has 1 saturated heterocycles. The molecule has 18 heavy (non-hydrogen) atoms. The van der Waals surface area contributed by atoms with Crippen LogP contribution >= 0.6 is 0 Å². The Bertz CT molecular complexity index is 245. The molecule has 1 aliphatic rings. The van der Waals surface area contributed by atoms with Gasteiger partial charge in [0.15, 0.2) is 0 Å². The Hall–Kier alpha value is -0.610. The van der Waals surface area contributed by atoms with Crippen LogP contribution < -0.4 is 5.32 Å². The molecule has 1 heterocycles. The highest BCUT2D eigenvalue weighted by molar-refractivity contribution is 5.78. The Morgan fingerprint density at radius 2 is 1.72 bits per heavy atom. The summed E-state index contributed by atoms with van der Waals surface area (Å²) in [6, 6.07) is 0.442. The van der Waals surface area contributed by atoms with E-state index in [1.54, 1.807) is 0 Å². The largest absolute Gasteiger partial charge is 0.354 e. The molecule has 1 N–H and O–H groups in total. The number of likely N-dealkylation sites (N-methyl/N-ethyl adjacent to an activating group) is 1. The van der Waals surface area contributed by atoms with Crippen LogP contribution in [0.15, 0.2) is 0 Å². The monoisotopic (exact) mass is 255 g/mol. The van der Waals surface area contributed by atoms with Crippen molar-refractivity contribution < 1.29 is 4.79 Å². The number of piperazine rings is 1. The molecule has 0 spiro atoms. The third-order valence-electron chi connectivity index (χ3n) is 4.09. The van der Waals surface area contributed by atoms with Crippen LogP contribution in [0.4, 0.5) is 0 Å². The Morgan fingerprint density at radius 1 is 1.17 bits per heavy atom. The minimum atomic E-state index is 0.185. The Morgan fingerprint density at radius 3 is 2.22 bits per heavy atom. The number of hydrogen-bond acceptors (Lipinski definition) is 3. The van der Waals surface area contributed by atoms with E-state index in [-0.39, 0.29) is 11.8 Å². The average Bonchev–Trinajstić information content (AvgIpc) is 2.38. The highest BCUT2D eigenvalue weighted by Gasteiger charge is 2.20. The molecule has 106 valence electrons. The molecule has 1 unspecified atom stereocenters. The number of carbonyl (C=O) groups is 1. The first-order chi connectivity index (χ1) is 8.58. The van der Waals surface area contributed by atoms with Crippen LogP contribution in [0.3, 0.4) is 0 Å². The van der Waals surface area contributed by atoms with Gasteiger partial charge in [0.05, 0.1) is 0 Å². The molecule has 0 aromatic carbocycles. The summed E-state index contributed by atoms with van der Waals surface area (Å²) in [5.41, 5.74) is 0. The highest BCUT2D eigenvalue weighted by atomic mass is 16.1. The molecular formula is C14H29N3O. The van der Waals surface area contributed by atoms with Gasteiger partial charge in [-0.05, 0) is 26.8 Å². The normalized spacial score (nSPS) is 20.1. The summed E-state index contributed by atoms with van der Waals surface area (Å²) in [4.78, 5) is 16.7. The molecule has 4 nitrogen and oxygen atoms in total. The average molecular weight is 255 g/mol. The fourth-order valence-electron chi connectivity index (χ4n) is 2.44. The van der Waals surface area contributed by atoms with E-state index in [1.807, 2.05) is 0 Å². The zero-order chi connectivity index (χ0) is 13.5. The first kappa shape index (κ1) is 15.4. The second kappa shape index (κ2) is 7.74. The lowest BCUT2D eigenvalue weighted by Gasteiger charge is -2.36. The van der Waals surface area contributed by atoms with Crippen LogP contribution in [0, 0.1) is 5.92 Å². The fraction of sp³-hybridized carbons (Fsp3) is 0.929. The Labute approximate surface area is 112 Å². The lowest BCUT2D eigenvalue weighted by atomic mass is 10.0. The standard InChI is InChI=1S/C14H29N3O/c1-5-13(6-2)14(18)15-11-12(3)17-9-7-16(4)8-10-17/h12-13H,5-11H2,1-4H3,(H,15,18). The molecule has 1 aliphatic heterocycles. The molecule has 0 aromatic heterocycles. The van der Waals surface area contributed by atoms with Crippen molar-refractivity contribution in [2.24, 2.45) is 5.92 Å². The molecular weight excluding hydrogens is 226 g/mol. The smallest absolute Gasteiger partial charge is 0.223 e. The Kier molecular flexibility index (Phi) is 6.65. The maximum Gasteiger partial charge on any atom is 0.223 e. The molecule has 1 rings (SSSR count). The summed E-state index contributed by atoms with van der Waals surface area (Å²) in [7, 11) is 2.16. The van der Waals surface area contributed by atoms with E-state index >= 15 is 0 Å². The summed E-state index contributed by atoms with van der Waals surface area (Å²) in [5, 5.41) is 3.10. The van der Waals surface area contributed by atoms with Crippen molar-refractivity contribution in [1.29, 1.82) is 0 Å². The minimum absolute atomic E-state index is 0.185. The van der Waals surface area contributed by atoms with E-state index in [2.05, 4.69) is 42.9 Å². The topological polar surface area (TPSA) is 35.6 Å². The molecule has 0 radical (unpaired) electrons. The Balaban J connectivity index is 2.28. The van der Waals surface area contributed by atoms with Gasteiger partial charge in [0, 0.05) is 44.7 Å². The molecule has 4 heteroatoms. The van der Waals surface area contributed by atoms with Gasteiger partial charge in [0.25, 0.3) is 0 Å². The lowest BCUT2D eigenvalue weighted by Crippen LogP contribution is -2.51. The second-order valence-electron chi connectivity index (χ2n) is 5.45. The predicted octanol–water partition coefficient (Wildman–Crippen LogP) is 1.17. The quantitative estimate of drug-likeness (QED) is 0.774. The molecule has 0 aliphatic carbocycles. The maximum atomic E-state index is 11.9. The summed E-state index contributed by atoms with van der Waals surface area (Å²) >= 11 is 0. The van der Waals surface area contributed by atoms with Gasteiger partial charge in [0.1, 0.15) is 0 Å². The van der Waals surface area contributed by atoms with Crippen LogP contribution in [-0.2, 0) is 4.79 Å². The molecule has 1 atom stereocenters. The van der Waals surface area contributed by atoms with E-state index in [0.29, 0.717) is 6.04 Å². The number of amides is 1. The van der Waals surface area contributed by atoms with E-state index < -0.39 is 0 Å². The zero-order valence-corrected chi connectivity index (χ0v) is 12.4. The first-order valence-electron chi connectivity index (χ1n) is 7.28. The van der Waals surface area contributed by atoms with Crippen molar-refractivity contribution >= 4 is 5.91 Å². The van der Waals surface area contributed by atoms with Crippen molar-refractivity contribution in [3.63, 3.8) is 0 Å². The number of hydrogen-bond donors (Lipinski definition) is 1. The van der Waals surface area contributed by atoms with E-state index in [4.69, 9.17) is 0 Å². The number of rotatable bonds is 6. The number of carbonyl (C=O) groups excluding carboxylic acids is 1. The highest BCUT2D eigenvalue weighted by Crippen LogP contribution is 2.08. The van der Waals surface area contributed by atoms with Crippen LogP contribution in [-0.4, -0.2) is 61.5 Å². The molecule has 1 amide bonds. The third-order valence-corrected chi connectivity index (χ3v) is 4.09. The predicted molar refractivity (Wildman–Crippen MR) is 75.6 cm³/mol. The van der Waals surface area contributed by atoms with Crippen molar-refractivity contribution in [3.05, 3.63) is 0 Å². The van der Waals surface area contributed by atoms with Crippen LogP contribution in [0.25, 0.3) is 0 Å². The lowest BCUT2D eigenvalue weighted by molar-refractivity contribution is -0.125. The van der Waals surface area contributed by atoms with Crippen molar-refractivity contribution in [2.45, 2.75) is 39.7 Å². The van der Waals surface area contributed by atoms with Gasteiger partial charge in [-0.15, -0.1) is 0 Å². The minimum Gasteiger partial charge on any atom is -0.354 e. The van der Waals surface area contributed by atoms with Crippen LogP contribution in [0.2, 0.25) is 0 Å².